The number of oxazole rings is 1. The third-order valence-corrected chi connectivity index (χ3v) is 4.06. The SMILES string of the molecule is CC(C)(NCc1cccc2[nH]c(=O)oc12)C(O)c1ccccc1. The first-order valence-electron chi connectivity index (χ1n) is 7.56. The molecule has 0 saturated heterocycles. The fourth-order valence-electron chi connectivity index (χ4n) is 2.64. The molecule has 0 spiro atoms. The number of benzene rings is 2. The topological polar surface area (TPSA) is 78.3 Å². The van der Waals surface area contributed by atoms with Gasteiger partial charge in [0, 0.05) is 17.6 Å². The Morgan fingerprint density at radius 2 is 1.91 bits per heavy atom. The van der Waals surface area contributed by atoms with Crippen LogP contribution in [0.5, 0.6) is 0 Å². The lowest BCUT2D eigenvalue weighted by atomic mass is 9.91. The van der Waals surface area contributed by atoms with Crippen LogP contribution in [-0.2, 0) is 6.54 Å². The van der Waals surface area contributed by atoms with Gasteiger partial charge in [-0.25, -0.2) is 4.79 Å². The van der Waals surface area contributed by atoms with E-state index in [0.717, 1.165) is 11.1 Å². The lowest BCUT2D eigenvalue weighted by molar-refractivity contribution is 0.0792. The molecule has 3 N–H and O–H groups in total. The van der Waals surface area contributed by atoms with Crippen LogP contribution in [0.4, 0.5) is 0 Å². The van der Waals surface area contributed by atoms with Crippen LogP contribution in [0.15, 0.2) is 57.7 Å². The molecule has 0 amide bonds. The van der Waals surface area contributed by atoms with Gasteiger partial charge < -0.3 is 14.8 Å². The fourth-order valence-corrected chi connectivity index (χ4v) is 2.64. The largest absolute Gasteiger partial charge is 0.417 e. The summed E-state index contributed by atoms with van der Waals surface area (Å²) in [5.41, 5.74) is 2.41. The molecule has 1 aromatic heterocycles. The van der Waals surface area contributed by atoms with Gasteiger partial charge in [0.15, 0.2) is 5.58 Å². The Morgan fingerprint density at radius 1 is 1.17 bits per heavy atom. The lowest BCUT2D eigenvalue weighted by Crippen LogP contribution is -2.44. The third-order valence-electron chi connectivity index (χ3n) is 4.06. The number of H-pyrrole nitrogens is 1. The van der Waals surface area contributed by atoms with Crippen molar-refractivity contribution in [2.45, 2.75) is 32.0 Å². The van der Waals surface area contributed by atoms with Gasteiger partial charge in [0.2, 0.25) is 0 Å². The number of aromatic amines is 1. The van der Waals surface area contributed by atoms with E-state index in [-0.39, 0.29) is 0 Å². The highest BCUT2D eigenvalue weighted by Gasteiger charge is 2.28. The summed E-state index contributed by atoms with van der Waals surface area (Å²) < 4.78 is 5.20. The highest BCUT2D eigenvalue weighted by Crippen LogP contribution is 2.26. The molecule has 0 radical (unpaired) electrons. The van der Waals surface area contributed by atoms with Crippen LogP contribution in [0.3, 0.4) is 0 Å². The Bertz CT molecular complexity index is 849. The van der Waals surface area contributed by atoms with Gasteiger partial charge in [-0.15, -0.1) is 0 Å². The quantitative estimate of drug-likeness (QED) is 0.677. The monoisotopic (exact) mass is 312 g/mol. The highest BCUT2D eigenvalue weighted by atomic mass is 16.4. The molecule has 1 atom stereocenters. The summed E-state index contributed by atoms with van der Waals surface area (Å²) in [6.07, 6.45) is -0.652. The van der Waals surface area contributed by atoms with E-state index in [9.17, 15) is 9.90 Å². The predicted molar refractivity (Wildman–Crippen MR) is 89.2 cm³/mol. The number of aromatic nitrogens is 1. The number of aliphatic hydroxyl groups is 1. The van der Waals surface area contributed by atoms with Crippen molar-refractivity contribution in [1.82, 2.24) is 10.3 Å². The summed E-state index contributed by atoms with van der Waals surface area (Å²) in [5.74, 6) is -0.462. The zero-order chi connectivity index (χ0) is 16.4. The van der Waals surface area contributed by atoms with Crippen LogP contribution in [0.1, 0.15) is 31.1 Å². The number of aliphatic hydroxyl groups excluding tert-OH is 1. The maximum absolute atomic E-state index is 11.4. The molecule has 3 aromatic rings. The first-order chi connectivity index (χ1) is 11.0. The second-order valence-electron chi connectivity index (χ2n) is 6.20. The fraction of sp³-hybridized carbons (Fsp3) is 0.278. The van der Waals surface area contributed by atoms with Crippen molar-refractivity contribution in [3.63, 3.8) is 0 Å². The Morgan fingerprint density at radius 3 is 2.65 bits per heavy atom. The smallest absolute Gasteiger partial charge is 0.408 e. The number of fused-ring (bicyclic) bond motifs is 1. The van der Waals surface area contributed by atoms with Crippen molar-refractivity contribution in [3.05, 3.63) is 70.2 Å². The minimum atomic E-state index is -0.652. The van der Waals surface area contributed by atoms with E-state index < -0.39 is 17.4 Å². The third kappa shape index (κ3) is 3.21. The van der Waals surface area contributed by atoms with Gasteiger partial charge in [-0.05, 0) is 25.5 Å². The van der Waals surface area contributed by atoms with Gasteiger partial charge in [0.05, 0.1) is 11.6 Å². The molecule has 0 saturated carbocycles. The van der Waals surface area contributed by atoms with Gasteiger partial charge >= 0.3 is 5.76 Å². The van der Waals surface area contributed by atoms with Crippen molar-refractivity contribution in [2.75, 3.05) is 0 Å². The molecular weight excluding hydrogens is 292 g/mol. The lowest BCUT2D eigenvalue weighted by Gasteiger charge is -2.32. The number of hydrogen-bond donors (Lipinski definition) is 3. The number of nitrogens with one attached hydrogen (secondary N) is 2. The van der Waals surface area contributed by atoms with Crippen molar-refractivity contribution < 1.29 is 9.52 Å². The van der Waals surface area contributed by atoms with E-state index in [2.05, 4.69) is 10.3 Å². The van der Waals surface area contributed by atoms with Crippen LogP contribution in [0.2, 0.25) is 0 Å². The molecule has 5 heteroatoms. The molecule has 120 valence electrons. The zero-order valence-corrected chi connectivity index (χ0v) is 13.2. The number of rotatable bonds is 5. The molecular formula is C18H20N2O3. The Labute approximate surface area is 134 Å². The van der Waals surface area contributed by atoms with Gasteiger partial charge in [-0.3, -0.25) is 4.98 Å². The number of para-hydroxylation sites is 1. The molecule has 2 aromatic carbocycles. The van der Waals surface area contributed by atoms with E-state index in [1.165, 1.54) is 0 Å². The van der Waals surface area contributed by atoms with Crippen LogP contribution in [-0.4, -0.2) is 15.6 Å². The maximum atomic E-state index is 11.4. The molecule has 0 fully saturated rings. The maximum Gasteiger partial charge on any atom is 0.417 e. The molecule has 5 nitrogen and oxygen atoms in total. The summed E-state index contributed by atoms with van der Waals surface area (Å²) >= 11 is 0. The van der Waals surface area contributed by atoms with Crippen molar-refractivity contribution in [1.29, 1.82) is 0 Å². The summed E-state index contributed by atoms with van der Waals surface area (Å²) in [5, 5.41) is 14.0. The van der Waals surface area contributed by atoms with Crippen LogP contribution in [0.25, 0.3) is 11.1 Å². The minimum Gasteiger partial charge on any atom is -0.408 e. The molecule has 0 aliphatic carbocycles. The highest BCUT2D eigenvalue weighted by molar-refractivity contribution is 5.75. The van der Waals surface area contributed by atoms with Gasteiger partial charge in [-0.1, -0.05) is 42.5 Å². The minimum absolute atomic E-state index is 0.462. The van der Waals surface area contributed by atoms with Crippen molar-refractivity contribution >= 4 is 11.1 Å². The number of hydrogen-bond acceptors (Lipinski definition) is 4. The summed E-state index contributed by atoms with van der Waals surface area (Å²) in [7, 11) is 0. The molecule has 3 rings (SSSR count). The Balaban J connectivity index is 1.79. The predicted octanol–water partition coefficient (Wildman–Crippen LogP) is 2.72. The molecule has 1 heterocycles. The van der Waals surface area contributed by atoms with Gasteiger partial charge in [-0.2, -0.15) is 0 Å². The first-order valence-corrected chi connectivity index (χ1v) is 7.56. The zero-order valence-electron chi connectivity index (χ0n) is 13.2. The van der Waals surface area contributed by atoms with Gasteiger partial charge in [0.25, 0.3) is 0 Å². The van der Waals surface area contributed by atoms with Gasteiger partial charge in [0.1, 0.15) is 0 Å². The van der Waals surface area contributed by atoms with E-state index in [4.69, 9.17) is 4.42 Å². The van der Waals surface area contributed by atoms with E-state index in [1.807, 2.05) is 56.3 Å². The summed E-state index contributed by atoms with van der Waals surface area (Å²) in [4.78, 5) is 14.0. The van der Waals surface area contributed by atoms with Crippen molar-refractivity contribution in [2.24, 2.45) is 0 Å². The second-order valence-corrected chi connectivity index (χ2v) is 6.20. The molecule has 0 aliphatic heterocycles. The van der Waals surface area contributed by atoms with E-state index in [1.54, 1.807) is 6.07 Å². The summed E-state index contributed by atoms with van der Waals surface area (Å²) in [6.45, 7) is 4.37. The second kappa shape index (κ2) is 6.02. The standard InChI is InChI=1S/C18H20N2O3/c1-18(2,16(21)12-7-4-3-5-8-12)19-11-13-9-6-10-14-15(13)23-17(22)20-14/h3-10,16,19,21H,11H2,1-2H3,(H,20,22). The molecule has 1 unspecified atom stereocenters. The Kier molecular flexibility index (Phi) is 4.07. The molecule has 0 aliphatic rings. The molecule has 23 heavy (non-hydrogen) atoms. The van der Waals surface area contributed by atoms with Crippen LogP contribution >= 0.6 is 0 Å². The molecule has 0 bridgehead atoms. The van der Waals surface area contributed by atoms with Crippen LogP contribution in [0, 0.1) is 0 Å². The summed E-state index contributed by atoms with van der Waals surface area (Å²) in [6, 6.07) is 15.1. The normalized spacial score (nSPS) is 13.3. The average Bonchev–Trinajstić information content (AvgIpc) is 2.93. The van der Waals surface area contributed by atoms with E-state index in [0.29, 0.717) is 17.6 Å². The van der Waals surface area contributed by atoms with E-state index >= 15 is 0 Å². The Hall–Kier alpha value is -2.37. The van der Waals surface area contributed by atoms with Crippen LogP contribution < -0.4 is 11.1 Å². The van der Waals surface area contributed by atoms with Crippen molar-refractivity contribution in [3.8, 4) is 0 Å². The first kappa shape index (κ1) is 15.5. The average molecular weight is 312 g/mol.